The minimum atomic E-state index is -4.28. The fourth-order valence-electron chi connectivity index (χ4n) is 3.92. The predicted octanol–water partition coefficient (Wildman–Crippen LogP) is 7.19. The van der Waals surface area contributed by atoms with E-state index in [-0.39, 0.29) is 0 Å². The van der Waals surface area contributed by atoms with Crippen LogP contribution in [0.3, 0.4) is 0 Å². The summed E-state index contributed by atoms with van der Waals surface area (Å²) in [5, 5.41) is 0. The fraction of sp³-hybridized carbons (Fsp3) is 0.517. The highest BCUT2D eigenvalue weighted by molar-refractivity contribution is 5.36. The van der Waals surface area contributed by atoms with Crippen molar-refractivity contribution in [3.63, 3.8) is 0 Å². The number of quaternary nitrogens is 1. The molecule has 0 bridgehead atoms. The molecule has 0 aliphatic carbocycles. The summed E-state index contributed by atoms with van der Waals surface area (Å²) in [5.41, 5.74) is 2.58. The third-order valence-electron chi connectivity index (χ3n) is 6.03. The molecule has 0 saturated carbocycles. The van der Waals surface area contributed by atoms with Crippen molar-refractivity contribution in [2.24, 2.45) is 0 Å². The highest BCUT2D eigenvalue weighted by Crippen LogP contribution is 2.29. The van der Waals surface area contributed by atoms with Gasteiger partial charge in [0.25, 0.3) is 0 Å². The Hall–Kier alpha value is -2.25. The molecule has 1 unspecified atom stereocenters. The third-order valence-corrected chi connectivity index (χ3v) is 6.03. The van der Waals surface area contributed by atoms with Crippen molar-refractivity contribution >= 4 is 0 Å². The van der Waals surface area contributed by atoms with E-state index in [2.05, 4.69) is 50.0 Å². The smallest absolute Gasteiger partial charge is 0.328 e. The number of hydrogen-bond acceptors (Lipinski definition) is 0. The number of halogens is 3. The number of unbranched alkanes of at least 4 members (excludes halogenated alkanes) is 8. The molecular weight excluding hydrogens is 419 g/mol. The lowest BCUT2D eigenvalue weighted by Crippen LogP contribution is -3.09. The summed E-state index contributed by atoms with van der Waals surface area (Å²) in [6, 6.07) is 13.9. The molecule has 0 saturated heterocycles. The van der Waals surface area contributed by atoms with Crippen LogP contribution in [0, 0.1) is 11.8 Å². The molecule has 1 nitrogen and oxygen atoms in total. The van der Waals surface area contributed by atoms with Gasteiger partial charge in [-0.05, 0) is 37.6 Å². The van der Waals surface area contributed by atoms with Gasteiger partial charge in [-0.1, -0.05) is 88.0 Å². The first-order valence-corrected chi connectivity index (χ1v) is 12.5. The van der Waals surface area contributed by atoms with Crippen molar-refractivity contribution in [1.29, 1.82) is 0 Å². The maximum atomic E-state index is 12.7. The fourth-order valence-corrected chi connectivity index (χ4v) is 3.92. The monoisotopic (exact) mass is 458 g/mol. The Labute approximate surface area is 198 Å². The molecule has 2 aromatic rings. The molecule has 0 aliphatic rings. The summed E-state index contributed by atoms with van der Waals surface area (Å²) < 4.78 is 38.2. The van der Waals surface area contributed by atoms with Crippen LogP contribution in [0.5, 0.6) is 0 Å². The van der Waals surface area contributed by atoms with Crippen molar-refractivity contribution in [3.05, 3.63) is 70.8 Å². The Morgan fingerprint density at radius 1 is 0.697 bits per heavy atom. The molecular formula is C29H39F3N+. The van der Waals surface area contributed by atoms with E-state index < -0.39 is 11.7 Å². The van der Waals surface area contributed by atoms with Crippen molar-refractivity contribution in [1.82, 2.24) is 0 Å². The van der Waals surface area contributed by atoms with E-state index in [1.807, 2.05) is 0 Å². The van der Waals surface area contributed by atoms with Crippen LogP contribution in [0.2, 0.25) is 0 Å². The zero-order valence-electron chi connectivity index (χ0n) is 20.2. The van der Waals surface area contributed by atoms with Gasteiger partial charge in [0.2, 0.25) is 0 Å². The standard InChI is InChI=1S/C29H38F3N/c1-3-5-6-7-8-9-10-11-12-13-14-25-15-17-26(18-16-25)23-33(4-2)24-27-19-21-28(22-20-27)29(30,31)32/h15-22H,3-12,23-24H2,1-2H3/p+1. The van der Waals surface area contributed by atoms with Crippen LogP contribution in [-0.2, 0) is 19.3 Å². The van der Waals surface area contributed by atoms with Crippen molar-refractivity contribution in [3.8, 4) is 11.8 Å². The topological polar surface area (TPSA) is 4.44 Å². The Balaban J connectivity index is 1.74. The van der Waals surface area contributed by atoms with Gasteiger partial charge in [0.1, 0.15) is 13.1 Å². The largest absolute Gasteiger partial charge is 0.416 e. The summed E-state index contributed by atoms with van der Waals surface area (Å²) >= 11 is 0. The van der Waals surface area contributed by atoms with E-state index in [1.165, 1.54) is 74.0 Å². The molecule has 4 heteroatoms. The number of rotatable bonds is 13. The molecule has 0 heterocycles. The highest BCUT2D eigenvalue weighted by atomic mass is 19.4. The van der Waals surface area contributed by atoms with Gasteiger partial charge in [0.15, 0.2) is 0 Å². The molecule has 180 valence electrons. The van der Waals surface area contributed by atoms with Gasteiger partial charge in [0.05, 0.1) is 12.1 Å². The Bertz CT molecular complexity index is 842. The molecule has 0 fully saturated rings. The zero-order valence-corrected chi connectivity index (χ0v) is 20.2. The lowest BCUT2D eigenvalue weighted by molar-refractivity contribution is -0.925. The molecule has 33 heavy (non-hydrogen) atoms. The Morgan fingerprint density at radius 2 is 1.21 bits per heavy atom. The lowest BCUT2D eigenvalue weighted by atomic mass is 10.1. The summed E-state index contributed by atoms with van der Waals surface area (Å²) in [6.07, 6.45) is 7.20. The first-order chi connectivity index (χ1) is 15.9. The van der Waals surface area contributed by atoms with Crippen LogP contribution in [0.25, 0.3) is 0 Å². The quantitative estimate of drug-likeness (QED) is 0.239. The maximum absolute atomic E-state index is 12.7. The van der Waals surface area contributed by atoms with Crippen LogP contribution in [-0.4, -0.2) is 6.54 Å². The lowest BCUT2D eigenvalue weighted by Gasteiger charge is -2.18. The summed E-state index contributed by atoms with van der Waals surface area (Å²) in [7, 11) is 0. The molecule has 0 amide bonds. The van der Waals surface area contributed by atoms with Crippen LogP contribution < -0.4 is 4.90 Å². The minimum Gasteiger partial charge on any atom is -0.328 e. The average Bonchev–Trinajstić information content (AvgIpc) is 2.80. The summed E-state index contributed by atoms with van der Waals surface area (Å²) in [5.74, 6) is 6.56. The molecule has 0 aromatic heterocycles. The van der Waals surface area contributed by atoms with Crippen LogP contribution in [0.4, 0.5) is 13.2 Å². The van der Waals surface area contributed by atoms with Gasteiger partial charge in [-0.2, -0.15) is 13.2 Å². The van der Waals surface area contributed by atoms with Gasteiger partial charge >= 0.3 is 6.18 Å². The van der Waals surface area contributed by atoms with Crippen molar-refractivity contribution in [2.75, 3.05) is 6.54 Å². The predicted molar refractivity (Wildman–Crippen MR) is 131 cm³/mol. The van der Waals surface area contributed by atoms with E-state index in [0.29, 0.717) is 6.54 Å². The molecule has 1 atom stereocenters. The second-order valence-corrected chi connectivity index (χ2v) is 8.88. The molecule has 0 spiro atoms. The van der Waals surface area contributed by atoms with E-state index in [0.717, 1.165) is 30.6 Å². The maximum Gasteiger partial charge on any atom is 0.416 e. The van der Waals surface area contributed by atoms with E-state index in [9.17, 15) is 13.2 Å². The van der Waals surface area contributed by atoms with E-state index in [1.54, 1.807) is 12.1 Å². The minimum absolute atomic E-state index is 0.594. The van der Waals surface area contributed by atoms with E-state index >= 15 is 0 Å². The SMILES string of the molecule is CCCCCCCCCCC#Cc1ccc(C[NH+](CC)Cc2ccc(C(F)(F)F)cc2)cc1. The van der Waals surface area contributed by atoms with Gasteiger partial charge in [-0.15, -0.1) is 0 Å². The molecule has 2 aromatic carbocycles. The third kappa shape index (κ3) is 10.9. The number of hydrogen-bond donors (Lipinski definition) is 1. The van der Waals surface area contributed by atoms with Gasteiger partial charge < -0.3 is 4.90 Å². The second kappa shape index (κ2) is 14.8. The summed E-state index contributed by atoms with van der Waals surface area (Å²) in [6.45, 7) is 6.80. The normalized spacial score (nSPS) is 12.3. The van der Waals surface area contributed by atoms with E-state index in [4.69, 9.17) is 0 Å². The van der Waals surface area contributed by atoms with Crippen LogP contribution in [0.1, 0.15) is 93.9 Å². The highest BCUT2D eigenvalue weighted by Gasteiger charge is 2.30. The molecule has 0 radical (unpaired) electrons. The van der Waals surface area contributed by atoms with Crippen LogP contribution in [0.15, 0.2) is 48.5 Å². The van der Waals surface area contributed by atoms with Gasteiger partial charge in [-0.3, -0.25) is 0 Å². The number of benzene rings is 2. The number of alkyl halides is 3. The van der Waals surface area contributed by atoms with Crippen molar-refractivity contribution < 1.29 is 18.1 Å². The molecule has 2 rings (SSSR count). The number of nitrogens with one attached hydrogen (secondary N) is 1. The molecule has 0 aliphatic heterocycles. The van der Waals surface area contributed by atoms with Crippen molar-refractivity contribution in [2.45, 2.75) is 90.9 Å². The second-order valence-electron chi connectivity index (χ2n) is 8.88. The Kier molecular flexibility index (Phi) is 12.1. The summed E-state index contributed by atoms with van der Waals surface area (Å²) in [4.78, 5) is 1.31. The van der Waals surface area contributed by atoms with Gasteiger partial charge in [0, 0.05) is 23.1 Å². The first-order valence-electron chi connectivity index (χ1n) is 12.5. The average molecular weight is 459 g/mol. The first kappa shape index (κ1) is 27.0. The zero-order chi connectivity index (χ0) is 23.9. The molecule has 1 N–H and O–H groups in total. The Morgan fingerprint density at radius 3 is 1.73 bits per heavy atom. The van der Waals surface area contributed by atoms with Crippen LogP contribution >= 0.6 is 0 Å². The van der Waals surface area contributed by atoms with Gasteiger partial charge in [-0.25, -0.2) is 0 Å².